The van der Waals surface area contributed by atoms with Crippen molar-refractivity contribution in [1.29, 1.82) is 0 Å². The van der Waals surface area contributed by atoms with Crippen molar-refractivity contribution in [2.45, 2.75) is 108 Å². The van der Waals surface area contributed by atoms with Crippen molar-refractivity contribution in [3.63, 3.8) is 0 Å². The molecule has 0 aliphatic heterocycles. The molecule has 0 unspecified atom stereocenters. The molecule has 0 bridgehead atoms. The van der Waals surface area contributed by atoms with Gasteiger partial charge < -0.3 is 14.2 Å². The second-order valence-corrected chi connectivity index (χ2v) is 37.6. The molecule has 0 aromatic heterocycles. The Hall–Kier alpha value is -12.1. The zero-order chi connectivity index (χ0) is 81.8. The van der Waals surface area contributed by atoms with Crippen molar-refractivity contribution in [3.8, 4) is 17.2 Å². The lowest BCUT2D eigenvalue weighted by atomic mass is 10.1. The molecule has 0 saturated heterocycles. The first kappa shape index (κ1) is 83.8. The highest BCUT2D eigenvalue weighted by atomic mass is 32.2. The van der Waals surface area contributed by atoms with Gasteiger partial charge in [-0.05, 0) is 237 Å². The van der Waals surface area contributed by atoms with E-state index in [4.69, 9.17) is 14.2 Å². The normalized spacial score (nSPS) is 10.8. The Labute approximate surface area is 713 Å². The monoisotopic (exact) mass is 1630 g/mol. The van der Waals surface area contributed by atoms with Gasteiger partial charge >= 0.3 is 0 Å². The summed E-state index contributed by atoms with van der Waals surface area (Å²) in [7, 11) is 2.83. The lowest BCUT2D eigenvalue weighted by Crippen LogP contribution is -2.07. The van der Waals surface area contributed by atoms with E-state index in [1.54, 1.807) is 14.2 Å². The summed E-state index contributed by atoms with van der Waals surface area (Å²) >= 11 is 0. The molecular formula is C110H99O3S5+5. The number of hydrogen-bond donors (Lipinski definition) is 0. The predicted octanol–water partition coefficient (Wildman–Crippen LogP) is 29.2. The lowest BCUT2D eigenvalue weighted by molar-refractivity contribution is 0.335. The number of benzene rings is 17. The Kier molecular flexibility index (Phi) is 30.3. The molecule has 0 atom stereocenters. The lowest BCUT2D eigenvalue weighted by Gasteiger charge is -2.13. The minimum absolute atomic E-state index is 0.0804. The second-order valence-electron chi connectivity index (χ2n) is 27.6. The summed E-state index contributed by atoms with van der Waals surface area (Å²) in [5.41, 5.74) is 7.08. The van der Waals surface area contributed by atoms with Crippen molar-refractivity contribution in [2.24, 2.45) is 0 Å². The second kappa shape index (κ2) is 42.7. The van der Waals surface area contributed by atoms with E-state index >= 15 is 0 Å². The van der Waals surface area contributed by atoms with E-state index in [1.807, 2.05) is 31.2 Å². The molecule has 17 aromatic rings. The van der Waals surface area contributed by atoms with Crippen LogP contribution in [-0.2, 0) is 54.5 Å². The van der Waals surface area contributed by atoms with Gasteiger partial charge in [0.2, 0.25) is 0 Å². The summed E-state index contributed by atoms with van der Waals surface area (Å²) in [4.78, 5) is 20.0. The molecule has 582 valence electrons. The molecule has 17 rings (SSSR count). The fourth-order valence-electron chi connectivity index (χ4n) is 14.3. The van der Waals surface area contributed by atoms with Gasteiger partial charge in [-0.2, -0.15) is 0 Å². The van der Waals surface area contributed by atoms with Crippen LogP contribution in [0.25, 0.3) is 33.7 Å². The first-order valence-electron chi connectivity index (χ1n) is 39.6. The highest BCUT2D eigenvalue weighted by molar-refractivity contribution is 7.98. The number of methoxy groups -OCH3 is 2. The fraction of sp³-hybridized carbons (Fsp3) is 0.0727. The number of ether oxygens (including phenoxy) is 3. The Morgan fingerprint density at radius 2 is 0.517 bits per heavy atom. The molecule has 0 fully saturated rings. The van der Waals surface area contributed by atoms with Crippen LogP contribution in [0.5, 0.6) is 17.2 Å². The van der Waals surface area contributed by atoms with Crippen molar-refractivity contribution in [3.05, 3.63) is 471 Å². The number of rotatable bonds is 21. The van der Waals surface area contributed by atoms with E-state index in [0.717, 1.165) is 22.8 Å². The number of hydrogen-bond acceptors (Lipinski definition) is 3. The fourth-order valence-corrected chi connectivity index (χ4v) is 25.6. The van der Waals surface area contributed by atoms with Gasteiger partial charge in [-0.3, -0.25) is 0 Å². The zero-order valence-corrected chi connectivity index (χ0v) is 72.0. The molecule has 0 radical (unpaired) electrons. The minimum atomic E-state index is -0.164. The van der Waals surface area contributed by atoms with Crippen molar-refractivity contribution in [1.82, 2.24) is 0 Å². The van der Waals surface area contributed by atoms with Crippen LogP contribution in [0.4, 0.5) is 0 Å². The molecule has 17 aromatic carbocycles. The first-order valence-corrected chi connectivity index (χ1v) is 45.7. The van der Waals surface area contributed by atoms with Crippen LogP contribution in [0.2, 0.25) is 0 Å². The summed E-state index contributed by atoms with van der Waals surface area (Å²) in [6.45, 7) is 19.2. The molecule has 0 heterocycles. The smallest absolute Gasteiger partial charge is 0.174 e. The molecule has 0 amide bonds. The summed E-state index contributed by atoms with van der Waals surface area (Å²) in [6.07, 6.45) is 3.84. The van der Waals surface area contributed by atoms with Crippen molar-refractivity contribution < 1.29 is 14.2 Å². The summed E-state index contributed by atoms with van der Waals surface area (Å²) in [5, 5.41) is 5.26. The van der Waals surface area contributed by atoms with Crippen LogP contribution < -0.4 is 14.2 Å². The standard InChI is InChI=1S/C26H19S.C22H23OS.C22H19S.C21H21OS.C19H17OS/c1-2-14-22(15-3-1)27(25-18-8-12-20-10-4-6-16-23(20)25)26-19-9-13-21-11-5-7-17-24(21)26;1-4-23-22-17(2)15-21(16-18(22)3)24(19-11-7-5-8-12-19)20-13-9-6-10-14-20;1-3-18-12-11-17-22(21(18)4-2)23(19-13-7-5-8-14-19)20-15-9-6-10-16-20;1-16-14-20(15-17(2)21(16)22-3)23(18-10-6-4-7-11-18)19-12-8-5-9-13-19;1-20-16-12-14-19(15-13-16)21(17-8-4-2-5-9-17)18-10-6-3-7-11-18/h1-19H;5-16H,4H2,1-3H3;3-17H,1-2H2;4-15H,1-3H3;2-15H,1H3/q5*+1. The van der Waals surface area contributed by atoms with E-state index < -0.39 is 0 Å². The largest absolute Gasteiger partial charge is 0.497 e. The van der Waals surface area contributed by atoms with Gasteiger partial charge in [-0.1, -0.05) is 262 Å². The van der Waals surface area contributed by atoms with Crippen LogP contribution >= 0.6 is 0 Å². The predicted molar refractivity (Wildman–Crippen MR) is 506 cm³/mol. The van der Waals surface area contributed by atoms with E-state index in [-0.39, 0.29) is 54.5 Å². The molecule has 8 heteroatoms. The Morgan fingerprint density at radius 3 is 0.831 bits per heavy atom. The van der Waals surface area contributed by atoms with Crippen molar-refractivity contribution >= 4 is 88.2 Å². The average Bonchev–Trinajstić information content (AvgIpc) is 0.773. The Morgan fingerprint density at radius 1 is 0.246 bits per heavy atom. The van der Waals surface area contributed by atoms with Crippen LogP contribution in [0.3, 0.4) is 0 Å². The van der Waals surface area contributed by atoms with Crippen LogP contribution in [0.15, 0.2) is 511 Å². The summed E-state index contributed by atoms with van der Waals surface area (Å²) < 4.78 is 16.6. The third-order valence-electron chi connectivity index (χ3n) is 19.6. The van der Waals surface area contributed by atoms with Gasteiger partial charge in [0.1, 0.15) is 28.1 Å². The maximum Gasteiger partial charge on any atom is 0.174 e. The van der Waals surface area contributed by atoms with Gasteiger partial charge in [0.05, 0.1) is 64.4 Å². The Balaban J connectivity index is 0.000000128. The Bertz CT molecular complexity index is 5710. The zero-order valence-electron chi connectivity index (χ0n) is 68.0. The number of fused-ring (bicyclic) bond motifs is 2. The quantitative estimate of drug-likeness (QED) is 0.0671. The maximum absolute atomic E-state index is 5.82. The minimum Gasteiger partial charge on any atom is -0.497 e. The third kappa shape index (κ3) is 21.0. The number of aryl methyl sites for hydroxylation is 4. The van der Waals surface area contributed by atoms with Crippen LogP contribution in [0, 0.1) is 27.7 Å². The third-order valence-corrected chi connectivity index (χ3v) is 30.9. The van der Waals surface area contributed by atoms with E-state index in [9.17, 15) is 0 Å². The van der Waals surface area contributed by atoms with Gasteiger partial charge in [0.15, 0.2) is 73.4 Å². The average molecular weight is 1630 g/mol. The van der Waals surface area contributed by atoms with E-state index in [0.29, 0.717) is 6.61 Å². The highest BCUT2D eigenvalue weighted by Gasteiger charge is 2.36. The molecule has 0 spiro atoms. The molecular weight excluding hydrogens is 1530 g/mol. The first-order chi connectivity index (χ1) is 58.0. The summed E-state index contributed by atoms with van der Waals surface area (Å²) in [6, 6.07) is 151. The molecule has 0 aliphatic rings. The highest BCUT2D eigenvalue weighted by Crippen LogP contribution is 2.42. The van der Waals surface area contributed by atoms with Crippen molar-refractivity contribution in [2.75, 3.05) is 20.8 Å². The molecule has 0 saturated carbocycles. The van der Waals surface area contributed by atoms with Crippen LogP contribution in [0.1, 0.15) is 40.3 Å². The van der Waals surface area contributed by atoms with Gasteiger partial charge in [-0.15, -0.1) is 0 Å². The van der Waals surface area contributed by atoms with Gasteiger partial charge in [0, 0.05) is 40.6 Å². The van der Waals surface area contributed by atoms with E-state index in [1.165, 1.54) is 123 Å². The van der Waals surface area contributed by atoms with Gasteiger partial charge in [0.25, 0.3) is 0 Å². The molecule has 0 N–H and O–H groups in total. The molecule has 118 heavy (non-hydrogen) atoms. The molecule has 0 aliphatic carbocycles. The van der Waals surface area contributed by atoms with Gasteiger partial charge in [-0.25, -0.2) is 0 Å². The molecule has 3 nitrogen and oxygen atoms in total. The maximum atomic E-state index is 5.82. The van der Waals surface area contributed by atoms with Crippen LogP contribution in [-0.4, -0.2) is 20.8 Å². The topological polar surface area (TPSA) is 27.7 Å². The SMILES string of the molecule is C=Cc1cccc([S+](c2ccccc2)c2ccccc2)c1C=C.CCOc1c(C)cc([S+](c2ccccc2)c2ccccc2)cc1C.COc1c(C)cc([S+](c2ccccc2)c2ccccc2)cc1C.COc1ccc([S+](c2ccccc2)c2ccccc2)cc1.c1ccc([S+](c2cccc3ccccc23)c2cccc3ccccc23)cc1. The summed E-state index contributed by atoms with van der Waals surface area (Å²) in [5.74, 6) is 2.90. The van der Waals surface area contributed by atoms with E-state index in [2.05, 4.69) is 453 Å².